The summed E-state index contributed by atoms with van der Waals surface area (Å²) in [5.74, 6) is 0.876. The summed E-state index contributed by atoms with van der Waals surface area (Å²) in [7, 11) is 3.94. The van der Waals surface area contributed by atoms with Gasteiger partial charge in [0.05, 0.1) is 11.6 Å². The molecule has 0 atom stereocenters. The van der Waals surface area contributed by atoms with Gasteiger partial charge in [-0.1, -0.05) is 49.7 Å². The molecule has 0 aliphatic carbocycles. The van der Waals surface area contributed by atoms with E-state index >= 15 is 0 Å². The van der Waals surface area contributed by atoms with Crippen molar-refractivity contribution < 1.29 is 70.2 Å². The molecule has 0 amide bonds. The molecule has 0 unspecified atom stereocenters. The van der Waals surface area contributed by atoms with Crippen molar-refractivity contribution in [2.45, 2.75) is 13.8 Å². The zero-order valence-corrected chi connectivity index (χ0v) is 47.3. The molecule has 1 N–H and O–H groups in total. The van der Waals surface area contributed by atoms with Crippen LogP contribution in [-0.2, 0) is 74.4 Å². The summed E-state index contributed by atoms with van der Waals surface area (Å²) in [4.78, 5) is 35.0. The van der Waals surface area contributed by atoms with E-state index in [-0.39, 0.29) is 66.0 Å². The van der Waals surface area contributed by atoms with Crippen molar-refractivity contribution in [1.82, 2.24) is 48.8 Å². The first-order valence-corrected chi connectivity index (χ1v) is 21.9. The number of aromatic nitrogens is 10. The number of carboxylic acid groups (broad SMARTS) is 1. The minimum absolute atomic E-state index is 0. The zero-order valence-electron chi connectivity index (χ0n) is 40.1. The van der Waals surface area contributed by atoms with Crippen molar-refractivity contribution in [3.05, 3.63) is 267 Å². The number of carbonyl (C=O) groups is 1. The number of aryl methyl sites for hydroxylation is 4. The van der Waals surface area contributed by atoms with Gasteiger partial charge in [-0.05, 0) is 58.8 Å². The molecule has 375 valence electrons. The first-order valence-electron chi connectivity index (χ1n) is 21.9. The van der Waals surface area contributed by atoms with Crippen molar-refractivity contribution in [3.63, 3.8) is 0 Å². The summed E-state index contributed by atoms with van der Waals surface area (Å²) in [6.07, 6.45) is 16.1. The van der Waals surface area contributed by atoms with Gasteiger partial charge in [0.1, 0.15) is 5.69 Å². The van der Waals surface area contributed by atoms with Gasteiger partial charge in [0.15, 0.2) is 0 Å². The van der Waals surface area contributed by atoms with Crippen LogP contribution < -0.4 is 0 Å². The maximum Gasteiger partial charge on any atom is 0.354 e. The number of benzene rings is 4. The predicted octanol–water partition coefficient (Wildman–Crippen LogP) is 11.3. The van der Waals surface area contributed by atoms with E-state index in [1.165, 1.54) is 12.3 Å². The molecule has 4 aromatic carbocycles. The Bertz CT molecular complexity index is 3000. The standard InChI is InChI=1S/C11H12N3.2C11H8N.C10H9N2.C9H7N2.C6H5NO2.3Ir/c1-8-4-5-10(9(2)13-8)11-12-6-7-14(11)3;2*1-2-6-10(7-3-1)11-8-4-5-9-12-11;1-12-8-7-11-10(12)9-5-3-2-4-6-9;1-2-5-9(6-3-1)11-8-4-7-10-11;8-6(9)5-3-1-2-4-7-5;;;/h4,6-7H,1-3H3;2*1-6,8-9H;2-5,7-8H,1H3;1-5,7-8H;1-4H,(H,8,9);;;/q5*-1;;;;. The summed E-state index contributed by atoms with van der Waals surface area (Å²) in [5, 5.41) is 12.4. The van der Waals surface area contributed by atoms with Crippen LogP contribution in [0.3, 0.4) is 0 Å². The van der Waals surface area contributed by atoms with Gasteiger partial charge in [-0.3, -0.25) is 14.6 Å². The largest absolute Gasteiger partial charge is 0.477 e. The van der Waals surface area contributed by atoms with E-state index in [1.54, 1.807) is 47.8 Å². The molecule has 15 heteroatoms. The van der Waals surface area contributed by atoms with E-state index in [9.17, 15) is 4.79 Å². The molecule has 12 nitrogen and oxygen atoms in total. The van der Waals surface area contributed by atoms with Gasteiger partial charge in [-0.15, -0.1) is 126 Å². The molecule has 7 heterocycles. The molecule has 7 aromatic heterocycles. The second-order valence-electron chi connectivity index (χ2n) is 14.7. The van der Waals surface area contributed by atoms with Crippen molar-refractivity contribution in [1.29, 1.82) is 0 Å². The van der Waals surface area contributed by atoms with Crippen LogP contribution in [0.5, 0.6) is 0 Å². The molecule has 0 bridgehead atoms. The van der Waals surface area contributed by atoms with Crippen LogP contribution in [0.2, 0.25) is 0 Å². The number of hydrogen-bond donors (Lipinski definition) is 1. The van der Waals surface area contributed by atoms with Crippen LogP contribution in [0, 0.1) is 44.2 Å². The Balaban J connectivity index is 0.000000230. The summed E-state index contributed by atoms with van der Waals surface area (Å²) in [5.41, 5.74) is 9.04. The molecule has 0 aliphatic heterocycles. The fraction of sp³-hybridized carbons (Fsp3) is 0.0690. The molecule has 0 saturated heterocycles. The SMILES string of the molecule is Cc1c[c-]c(-c2nccn2C)c(C)n1.Cn1ccnc1-c1[c-]cccc1.O=C(O)c1ccccn1.[Ir].[Ir].[Ir].[c-]1ccccc1-c1ccccn1.[c-]1ccccc1-c1ccccn1.[c-]1ccccc1-n1cccn1. The summed E-state index contributed by atoms with van der Waals surface area (Å²) < 4.78 is 5.72. The Morgan fingerprint density at radius 3 is 1.36 bits per heavy atom. The number of imidazole rings is 2. The predicted molar refractivity (Wildman–Crippen MR) is 273 cm³/mol. The molecule has 0 spiro atoms. The zero-order chi connectivity index (χ0) is 49.2. The van der Waals surface area contributed by atoms with Crippen molar-refractivity contribution >= 4 is 5.97 Å². The van der Waals surface area contributed by atoms with E-state index < -0.39 is 5.97 Å². The fourth-order valence-corrected chi connectivity index (χ4v) is 6.20. The number of nitrogens with zero attached hydrogens (tertiary/aromatic N) is 10. The van der Waals surface area contributed by atoms with E-state index in [2.05, 4.69) is 65.3 Å². The normalized spacial score (nSPS) is 9.42. The Morgan fingerprint density at radius 2 is 0.973 bits per heavy atom. The van der Waals surface area contributed by atoms with Gasteiger partial charge >= 0.3 is 5.97 Å². The summed E-state index contributed by atoms with van der Waals surface area (Å²) in [6.45, 7) is 3.94. The minimum atomic E-state index is -0.990. The number of rotatable bonds is 6. The van der Waals surface area contributed by atoms with Gasteiger partial charge in [0, 0.05) is 130 Å². The monoisotopic (exact) mass is 1500 g/mol. The maximum absolute atomic E-state index is 10.1. The van der Waals surface area contributed by atoms with Crippen LogP contribution in [0.4, 0.5) is 0 Å². The van der Waals surface area contributed by atoms with Crippen LogP contribution in [-0.4, -0.2) is 59.9 Å². The first kappa shape index (κ1) is 59.8. The second kappa shape index (κ2) is 33.2. The molecule has 0 fully saturated rings. The summed E-state index contributed by atoms with van der Waals surface area (Å²) >= 11 is 0. The van der Waals surface area contributed by atoms with Gasteiger partial charge in [0.25, 0.3) is 0 Å². The van der Waals surface area contributed by atoms with E-state index in [4.69, 9.17) is 5.11 Å². The van der Waals surface area contributed by atoms with Crippen molar-refractivity contribution in [3.8, 4) is 51.0 Å². The summed E-state index contributed by atoms with van der Waals surface area (Å²) in [6, 6.07) is 67.1. The topological polar surface area (TPSA) is 142 Å². The van der Waals surface area contributed by atoms with Crippen LogP contribution in [0.1, 0.15) is 21.9 Å². The van der Waals surface area contributed by atoms with Crippen LogP contribution >= 0.6 is 0 Å². The van der Waals surface area contributed by atoms with E-state index in [0.717, 1.165) is 62.4 Å². The third-order valence-electron chi connectivity index (χ3n) is 9.57. The van der Waals surface area contributed by atoms with Crippen molar-refractivity contribution in [2.75, 3.05) is 0 Å². The fourth-order valence-electron chi connectivity index (χ4n) is 6.20. The van der Waals surface area contributed by atoms with E-state index in [0.29, 0.717) is 0 Å². The number of para-hydroxylation sites is 1. The van der Waals surface area contributed by atoms with Gasteiger partial charge in [0.2, 0.25) is 0 Å². The molecular formula is C58H49Ir3N10O2-5. The van der Waals surface area contributed by atoms with Gasteiger partial charge < -0.3 is 29.2 Å². The average molecular weight is 1490 g/mol. The van der Waals surface area contributed by atoms with Gasteiger partial charge in [-0.25, -0.2) is 9.78 Å². The van der Waals surface area contributed by atoms with E-state index in [1.807, 2.05) is 201 Å². The third kappa shape index (κ3) is 19.9. The second-order valence-corrected chi connectivity index (χ2v) is 14.7. The maximum atomic E-state index is 10.1. The molecule has 0 saturated carbocycles. The molecule has 0 aliphatic rings. The Labute approximate surface area is 467 Å². The average Bonchev–Trinajstić information content (AvgIpc) is 4.23. The van der Waals surface area contributed by atoms with Crippen LogP contribution in [0.15, 0.2) is 220 Å². The smallest absolute Gasteiger partial charge is 0.354 e. The molecule has 3 radical (unpaired) electrons. The van der Waals surface area contributed by atoms with Crippen molar-refractivity contribution in [2.24, 2.45) is 14.1 Å². The number of aromatic carboxylic acids is 1. The van der Waals surface area contributed by atoms with Gasteiger partial charge in [-0.2, -0.15) is 29.4 Å². The van der Waals surface area contributed by atoms with Crippen LogP contribution in [0.25, 0.3) is 51.0 Å². The molecule has 73 heavy (non-hydrogen) atoms. The number of hydrogen-bond acceptors (Lipinski definition) is 8. The Morgan fingerprint density at radius 1 is 0.479 bits per heavy atom. The molecular weight excluding hydrogens is 1450 g/mol. The number of pyridine rings is 4. The number of carboxylic acids is 1. The molecule has 11 rings (SSSR count). The molecule has 11 aromatic rings. The third-order valence-corrected chi connectivity index (χ3v) is 9.57. The quantitative estimate of drug-likeness (QED) is 0.161. The Kier molecular flexibility index (Phi) is 27.2. The minimum Gasteiger partial charge on any atom is -0.477 e. The Hall–Kier alpha value is -7.47. The first-order chi connectivity index (χ1) is 34.3.